The molecule has 2 rings (SSSR count). The van der Waals surface area contributed by atoms with E-state index in [0.717, 1.165) is 24.1 Å². The SMILES string of the molecule is CCc1sc(C(=O)NCC2CC(O)C2)cc1C. The molecule has 1 aliphatic carbocycles. The van der Waals surface area contributed by atoms with E-state index in [1.807, 2.05) is 6.07 Å². The van der Waals surface area contributed by atoms with Crippen molar-refractivity contribution in [2.24, 2.45) is 5.92 Å². The van der Waals surface area contributed by atoms with Crippen molar-refractivity contribution < 1.29 is 9.90 Å². The van der Waals surface area contributed by atoms with Crippen LogP contribution in [0, 0.1) is 12.8 Å². The van der Waals surface area contributed by atoms with Gasteiger partial charge in [0.2, 0.25) is 0 Å². The van der Waals surface area contributed by atoms with Crippen molar-refractivity contribution >= 4 is 17.2 Å². The summed E-state index contributed by atoms with van der Waals surface area (Å²) in [5.41, 5.74) is 1.21. The molecule has 0 radical (unpaired) electrons. The Balaban J connectivity index is 1.86. The van der Waals surface area contributed by atoms with Gasteiger partial charge in [-0.1, -0.05) is 6.92 Å². The molecule has 1 heterocycles. The van der Waals surface area contributed by atoms with Gasteiger partial charge in [0.05, 0.1) is 11.0 Å². The van der Waals surface area contributed by atoms with Crippen LogP contribution < -0.4 is 5.32 Å². The Bertz CT molecular complexity index is 408. The highest BCUT2D eigenvalue weighted by molar-refractivity contribution is 7.14. The summed E-state index contributed by atoms with van der Waals surface area (Å²) >= 11 is 1.58. The maximum atomic E-state index is 11.9. The van der Waals surface area contributed by atoms with Gasteiger partial charge in [-0.15, -0.1) is 11.3 Å². The molecule has 1 amide bonds. The Morgan fingerprint density at radius 3 is 2.82 bits per heavy atom. The van der Waals surface area contributed by atoms with Gasteiger partial charge < -0.3 is 10.4 Å². The molecule has 17 heavy (non-hydrogen) atoms. The van der Waals surface area contributed by atoms with Crippen molar-refractivity contribution in [3.8, 4) is 0 Å². The van der Waals surface area contributed by atoms with Gasteiger partial charge in [-0.2, -0.15) is 0 Å². The van der Waals surface area contributed by atoms with E-state index in [4.69, 9.17) is 5.11 Å². The van der Waals surface area contributed by atoms with Crippen LogP contribution in [0.15, 0.2) is 6.07 Å². The van der Waals surface area contributed by atoms with Crippen LogP contribution in [0.3, 0.4) is 0 Å². The summed E-state index contributed by atoms with van der Waals surface area (Å²) in [5, 5.41) is 12.1. The highest BCUT2D eigenvalue weighted by Gasteiger charge is 2.27. The summed E-state index contributed by atoms with van der Waals surface area (Å²) in [6.45, 7) is 4.85. The second kappa shape index (κ2) is 5.19. The van der Waals surface area contributed by atoms with Crippen molar-refractivity contribution in [3.05, 3.63) is 21.4 Å². The number of aliphatic hydroxyl groups is 1. The van der Waals surface area contributed by atoms with Crippen molar-refractivity contribution in [2.75, 3.05) is 6.54 Å². The highest BCUT2D eigenvalue weighted by Crippen LogP contribution is 2.26. The predicted molar refractivity (Wildman–Crippen MR) is 69.5 cm³/mol. The van der Waals surface area contributed by atoms with Crippen LogP contribution in [0.25, 0.3) is 0 Å². The summed E-state index contributed by atoms with van der Waals surface area (Å²) in [7, 11) is 0. The molecule has 1 fully saturated rings. The lowest BCUT2D eigenvalue weighted by atomic mass is 9.82. The first-order valence-electron chi connectivity index (χ1n) is 6.15. The number of thiophene rings is 1. The monoisotopic (exact) mass is 253 g/mol. The zero-order valence-corrected chi connectivity index (χ0v) is 11.1. The lowest BCUT2D eigenvalue weighted by Crippen LogP contribution is -2.38. The maximum Gasteiger partial charge on any atom is 0.261 e. The second-order valence-corrected chi connectivity index (χ2v) is 5.91. The molecule has 0 saturated heterocycles. The number of carbonyl (C=O) groups excluding carboxylic acids is 1. The number of nitrogens with one attached hydrogen (secondary N) is 1. The molecule has 94 valence electrons. The minimum absolute atomic E-state index is 0.0270. The topological polar surface area (TPSA) is 49.3 Å². The third-order valence-corrected chi connectivity index (χ3v) is 4.71. The Kier molecular flexibility index (Phi) is 3.84. The summed E-state index contributed by atoms with van der Waals surface area (Å²) in [6, 6.07) is 1.97. The molecule has 4 heteroatoms. The van der Waals surface area contributed by atoms with E-state index in [1.165, 1.54) is 10.4 Å². The van der Waals surface area contributed by atoms with Gasteiger partial charge in [-0.05, 0) is 43.7 Å². The van der Waals surface area contributed by atoms with E-state index in [1.54, 1.807) is 11.3 Å². The Morgan fingerprint density at radius 1 is 1.59 bits per heavy atom. The molecular formula is C13H19NO2S. The standard InChI is InChI=1S/C13H19NO2S/c1-3-11-8(2)4-12(17-11)13(16)14-7-9-5-10(15)6-9/h4,9-10,15H,3,5-7H2,1-2H3,(H,14,16). The molecule has 0 unspecified atom stereocenters. The molecule has 0 aliphatic heterocycles. The lowest BCUT2D eigenvalue weighted by molar-refractivity contribution is 0.0420. The minimum atomic E-state index is -0.146. The highest BCUT2D eigenvalue weighted by atomic mass is 32.1. The average molecular weight is 253 g/mol. The van der Waals surface area contributed by atoms with Gasteiger partial charge in [0, 0.05) is 11.4 Å². The number of amides is 1. The van der Waals surface area contributed by atoms with E-state index in [0.29, 0.717) is 12.5 Å². The fourth-order valence-electron chi connectivity index (χ4n) is 2.17. The van der Waals surface area contributed by atoms with E-state index in [-0.39, 0.29) is 12.0 Å². The molecule has 0 spiro atoms. The molecule has 0 aromatic carbocycles. The number of hydrogen-bond donors (Lipinski definition) is 2. The van der Waals surface area contributed by atoms with E-state index < -0.39 is 0 Å². The van der Waals surface area contributed by atoms with E-state index in [9.17, 15) is 4.79 Å². The van der Waals surface area contributed by atoms with Gasteiger partial charge in [-0.3, -0.25) is 4.79 Å². The third-order valence-electron chi connectivity index (χ3n) is 3.33. The molecule has 2 N–H and O–H groups in total. The van der Waals surface area contributed by atoms with Crippen LogP contribution in [0.1, 0.15) is 39.9 Å². The first kappa shape index (κ1) is 12.6. The smallest absolute Gasteiger partial charge is 0.261 e. The summed E-state index contributed by atoms with van der Waals surface area (Å²) < 4.78 is 0. The van der Waals surface area contributed by atoms with E-state index >= 15 is 0 Å². The summed E-state index contributed by atoms with van der Waals surface area (Å²) in [5.74, 6) is 0.486. The molecule has 0 bridgehead atoms. The van der Waals surface area contributed by atoms with Crippen LogP contribution in [0.5, 0.6) is 0 Å². The molecule has 1 aliphatic rings. The van der Waals surface area contributed by atoms with Gasteiger partial charge in [0.15, 0.2) is 0 Å². The van der Waals surface area contributed by atoms with Crippen LogP contribution in [0.4, 0.5) is 0 Å². The first-order valence-corrected chi connectivity index (χ1v) is 6.97. The molecule has 3 nitrogen and oxygen atoms in total. The summed E-state index contributed by atoms with van der Waals surface area (Å²) in [6.07, 6.45) is 2.49. The number of carbonyl (C=O) groups is 1. The van der Waals surface area contributed by atoms with Crippen LogP contribution in [-0.2, 0) is 6.42 Å². The van der Waals surface area contributed by atoms with Crippen molar-refractivity contribution in [1.82, 2.24) is 5.32 Å². The van der Waals surface area contributed by atoms with E-state index in [2.05, 4.69) is 19.2 Å². The fourth-order valence-corrected chi connectivity index (χ4v) is 3.20. The van der Waals surface area contributed by atoms with Gasteiger partial charge >= 0.3 is 0 Å². The zero-order valence-electron chi connectivity index (χ0n) is 10.3. The Labute approximate surface area is 106 Å². The van der Waals surface area contributed by atoms with Crippen molar-refractivity contribution in [2.45, 2.75) is 39.2 Å². The lowest BCUT2D eigenvalue weighted by Gasteiger charge is -2.31. The van der Waals surface area contributed by atoms with Crippen molar-refractivity contribution in [3.63, 3.8) is 0 Å². The minimum Gasteiger partial charge on any atom is -0.393 e. The van der Waals surface area contributed by atoms with Crippen LogP contribution in [-0.4, -0.2) is 23.7 Å². The average Bonchev–Trinajstić information content (AvgIpc) is 2.64. The zero-order chi connectivity index (χ0) is 12.4. The van der Waals surface area contributed by atoms with Gasteiger partial charge in [0.25, 0.3) is 5.91 Å². The molecule has 1 aromatic rings. The van der Waals surface area contributed by atoms with Gasteiger partial charge in [-0.25, -0.2) is 0 Å². The molecular weight excluding hydrogens is 234 g/mol. The van der Waals surface area contributed by atoms with Crippen molar-refractivity contribution in [1.29, 1.82) is 0 Å². The Hall–Kier alpha value is -0.870. The van der Waals surface area contributed by atoms with Crippen LogP contribution in [0.2, 0.25) is 0 Å². The van der Waals surface area contributed by atoms with Crippen LogP contribution >= 0.6 is 11.3 Å². The Morgan fingerprint density at radius 2 is 2.29 bits per heavy atom. The first-order chi connectivity index (χ1) is 8.10. The third kappa shape index (κ3) is 2.87. The maximum absolute atomic E-state index is 11.9. The molecule has 1 saturated carbocycles. The summed E-state index contributed by atoms with van der Waals surface area (Å²) in [4.78, 5) is 14.0. The second-order valence-electron chi connectivity index (χ2n) is 4.77. The number of aliphatic hydroxyl groups excluding tert-OH is 1. The van der Waals surface area contributed by atoms with Gasteiger partial charge in [0.1, 0.15) is 0 Å². The normalized spacial score (nSPS) is 23.2. The predicted octanol–water partition coefficient (Wildman–Crippen LogP) is 2.12. The number of hydrogen-bond acceptors (Lipinski definition) is 3. The quantitative estimate of drug-likeness (QED) is 0.863. The number of rotatable bonds is 4. The number of aryl methyl sites for hydroxylation is 2. The largest absolute Gasteiger partial charge is 0.393 e. The molecule has 1 aromatic heterocycles. The fraction of sp³-hybridized carbons (Fsp3) is 0.615. The molecule has 0 atom stereocenters.